The van der Waals surface area contributed by atoms with Crippen molar-refractivity contribution < 1.29 is 26.3 Å². The van der Waals surface area contributed by atoms with Crippen LogP contribution in [0.25, 0.3) is 118 Å². The number of hydrogen-bond acceptors (Lipinski definition) is 7. The molecule has 0 unspecified atom stereocenters. The molecular weight excluding hydrogens is 959 g/mol. The standard InChI is InChI=1S/C61H36F6N8/c62-60(63,64)43-27-28-44(50(35-43)61(65,66)67)41-25-29-53-48(33-41)46-23-13-14-24-51(46)75(53)52-30-26-42(58-71-54(37-15-5-1-6-16-37)69-55(72-58)38-17-7-2-8-18-38)34-47(52)45-31-32-68-36-49(45)59-73-56(39-19-9-3-10-20-39)70-57(74-59)40-21-11-4-12-22-40/h1-36H. The first-order valence-electron chi connectivity index (χ1n) is 23.6. The average molecular weight is 995 g/mol. The van der Waals surface area contributed by atoms with Crippen LogP contribution in [0.1, 0.15) is 11.1 Å². The van der Waals surface area contributed by atoms with E-state index in [1.807, 2.05) is 174 Å². The molecule has 0 aliphatic heterocycles. The van der Waals surface area contributed by atoms with Gasteiger partial charge < -0.3 is 4.57 Å². The van der Waals surface area contributed by atoms with Crippen LogP contribution in [0.5, 0.6) is 0 Å². The summed E-state index contributed by atoms with van der Waals surface area (Å²) in [5.41, 5.74) is 4.51. The highest BCUT2D eigenvalue weighted by atomic mass is 19.4. The van der Waals surface area contributed by atoms with E-state index in [-0.39, 0.29) is 17.2 Å². The van der Waals surface area contributed by atoms with Crippen LogP contribution in [0, 0.1) is 0 Å². The lowest BCUT2D eigenvalue weighted by Crippen LogP contribution is -2.12. The number of alkyl halides is 6. The molecule has 0 bridgehead atoms. The quantitative estimate of drug-likeness (QED) is 0.133. The summed E-state index contributed by atoms with van der Waals surface area (Å²) in [4.78, 5) is 34.8. The topological polar surface area (TPSA) is 95.2 Å². The summed E-state index contributed by atoms with van der Waals surface area (Å²) in [7, 11) is 0. The molecule has 0 N–H and O–H groups in total. The molecule has 4 aromatic heterocycles. The minimum Gasteiger partial charge on any atom is -0.309 e. The van der Waals surface area contributed by atoms with Gasteiger partial charge in [-0.15, -0.1) is 0 Å². The number of fused-ring (bicyclic) bond motifs is 3. The SMILES string of the molecule is FC(F)(F)c1ccc(-c2ccc3c(c2)c2ccccc2n3-c2ccc(-c3nc(-c4ccccc4)nc(-c4ccccc4)n3)cc2-c2ccncc2-c2nc(-c3ccccc3)nc(-c3ccccc3)n2)c(C(F)(F)F)c1. The normalized spacial score (nSPS) is 11.9. The van der Waals surface area contributed by atoms with Gasteiger partial charge in [0.1, 0.15) is 0 Å². The number of nitrogens with zero attached hydrogens (tertiary/aromatic N) is 8. The maximum absolute atomic E-state index is 14.6. The van der Waals surface area contributed by atoms with Crippen molar-refractivity contribution in [3.05, 3.63) is 230 Å². The molecule has 4 heterocycles. The number of para-hydroxylation sites is 1. The number of pyridine rings is 1. The van der Waals surface area contributed by atoms with Gasteiger partial charge in [0.2, 0.25) is 0 Å². The zero-order valence-corrected chi connectivity index (χ0v) is 39.1. The van der Waals surface area contributed by atoms with Crippen LogP contribution in [0.15, 0.2) is 219 Å². The van der Waals surface area contributed by atoms with Crippen LogP contribution in [-0.2, 0) is 12.4 Å². The molecule has 8 aromatic carbocycles. The number of aromatic nitrogens is 8. The highest BCUT2D eigenvalue weighted by Gasteiger charge is 2.38. The van der Waals surface area contributed by atoms with E-state index in [0.717, 1.165) is 28.3 Å². The van der Waals surface area contributed by atoms with Crippen LogP contribution in [0.2, 0.25) is 0 Å². The third-order valence-corrected chi connectivity index (χ3v) is 12.9. The van der Waals surface area contributed by atoms with Crippen LogP contribution in [0.4, 0.5) is 26.3 Å². The Balaban J connectivity index is 1.12. The number of rotatable bonds is 9. The predicted molar refractivity (Wildman–Crippen MR) is 279 cm³/mol. The van der Waals surface area contributed by atoms with Crippen LogP contribution >= 0.6 is 0 Å². The molecule has 0 amide bonds. The number of halogens is 6. The second-order valence-electron chi connectivity index (χ2n) is 17.6. The van der Waals surface area contributed by atoms with Crippen LogP contribution in [0.3, 0.4) is 0 Å². The maximum Gasteiger partial charge on any atom is 0.417 e. The molecule has 8 nitrogen and oxygen atoms in total. The van der Waals surface area contributed by atoms with Crippen molar-refractivity contribution in [3.8, 4) is 96.3 Å². The second kappa shape index (κ2) is 18.7. The molecule has 0 saturated heterocycles. The molecule has 0 spiro atoms. The second-order valence-corrected chi connectivity index (χ2v) is 17.6. The van der Waals surface area contributed by atoms with Crippen molar-refractivity contribution in [3.63, 3.8) is 0 Å². The molecular formula is C61H36F6N8. The van der Waals surface area contributed by atoms with E-state index in [9.17, 15) is 26.3 Å². The van der Waals surface area contributed by atoms with Crippen molar-refractivity contribution >= 4 is 21.8 Å². The molecule has 12 aromatic rings. The van der Waals surface area contributed by atoms with Gasteiger partial charge in [-0.2, -0.15) is 26.3 Å². The van der Waals surface area contributed by atoms with Gasteiger partial charge in [0.05, 0.1) is 27.8 Å². The van der Waals surface area contributed by atoms with Gasteiger partial charge in [-0.05, 0) is 71.3 Å². The Morgan fingerprint density at radius 3 is 1.33 bits per heavy atom. The Bertz CT molecular complexity index is 3980. The van der Waals surface area contributed by atoms with E-state index in [1.165, 1.54) is 6.07 Å². The van der Waals surface area contributed by atoms with Crippen molar-refractivity contribution in [2.75, 3.05) is 0 Å². The van der Waals surface area contributed by atoms with Crippen molar-refractivity contribution in [1.82, 2.24) is 39.5 Å². The smallest absolute Gasteiger partial charge is 0.309 e. The van der Waals surface area contributed by atoms with Gasteiger partial charge in [0.15, 0.2) is 34.9 Å². The minimum absolute atomic E-state index is 0.0926. The molecule has 0 atom stereocenters. The summed E-state index contributed by atoms with van der Waals surface area (Å²) >= 11 is 0. The Hall–Kier alpha value is -9.69. The summed E-state index contributed by atoms with van der Waals surface area (Å²) in [5, 5.41) is 1.26. The molecule has 12 rings (SSSR count). The van der Waals surface area contributed by atoms with E-state index in [0.29, 0.717) is 90.8 Å². The maximum atomic E-state index is 14.6. The molecule has 0 aliphatic carbocycles. The number of hydrogen-bond donors (Lipinski definition) is 0. The average Bonchev–Trinajstić information content (AvgIpc) is 3.81. The molecule has 0 radical (unpaired) electrons. The van der Waals surface area contributed by atoms with Crippen molar-refractivity contribution in [2.24, 2.45) is 0 Å². The minimum atomic E-state index is -5.08. The van der Waals surface area contributed by atoms with Gasteiger partial charge >= 0.3 is 12.4 Å². The monoisotopic (exact) mass is 994 g/mol. The lowest BCUT2D eigenvalue weighted by atomic mass is 9.95. The van der Waals surface area contributed by atoms with Crippen LogP contribution in [-0.4, -0.2) is 39.5 Å². The fourth-order valence-corrected chi connectivity index (χ4v) is 9.37. The molecule has 0 fully saturated rings. The Morgan fingerprint density at radius 1 is 0.320 bits per heavy atom. The summed E-state index contributed by atoms with van der Waals surface area (Å²) in [6.07, 6.45) is -6.68. The number of benzene rings is 8. The van der Waals surface area contributed by atoms with E-state index < -0.39 is 23.5 Å². The van der Waals surface area contributed by atoms with E-state index in [2.05, 4.69) is 4.98 Å². The zero-order valence-electron chi connectivity index (χ0n) is 39.1. The van der Waals surface area contributed by atoms with Crippen molar-refractivity contribution in [2.45, 2.75) is 12.4 Å². The van der Waals surface area contributed by atoms with E-state index in [1.54, 1.807) is 24.5 Å². The largest absolute Gasteiger partial charge is 0.417 e. The molecule has 0 aliphatic rings. The molecule has 75 heavy (non-hydrogen) atoms. The molecule has 362 valence electrons. The fraction of sp³-hybridized carbons (Fsp3) is 0.0328. The van der Waals surface area contributed by atoms with Gasteiger partial charge in [-0.25, -0.2) is 29.9 Å². The first kappa shape index (κ1) is 46.4. The van der Waals surface area contributed by atoms with Gasteiger partial charge in [0, 0.05) is 62.1 Å². The third kappa shape index (κ3) is 8.92. The third-order valence-electron chi connectivity index (χ3n) is 12.9. The fourth-order valence-electron chi connectivity index (χ4n) is 9.37. The summed E-state index contributed by atoms with van der Waals surface area (Å²) in [6.45, 7) is 0. The summed E-state index contributed by atoms with van der Waals surface area (Å²) in [6, 6.07) is 60.1. The molecule has 0 saturated carbocycles. The van der Waals surface area contributed by atoms with Crippen molar-refractivity contribution in [1.29, 1.82) is 0 Å². The summed E-state index contributed by atoms with van der Waals surface area (Å²) in [5.74, 6) is 2.52. The molecule has 14 heteroatoms. The first-order chi connectivity index (χ1) is 36.4. The zero-order chi connectivity index (χ0) is 51.3. The Morgan fingerprint density at radius 2 is 0.800 bits per heavy atom. The van der Waals surface area contributed by atoms with E-state index in [4.69, 9.17) is 29.9 Å². The van der Waals surface area contributed by atoms with Gasteiger partial charge in [0.25, 0.3) is 0 Å². The lowest BCUT2D eigenvalue weighted by molar-refractivity contribution is -0.142. The highest BCUT2D eigenvalue weighted by Crippen LogP contribution is 2.45. The summed E-state index contributed by atoms with van der Waals surface area (Å²) < 4.78 is 87.3. The highest BCUT2D eigenvalue weighted by molar-refractivity contribution is 6.11. The Kier molecular flexibility index (Phi) is 11.6. The first-order valence-corrected chi connectivity index (χ1v) is 23.6. The lowest BCUT2D eigenvalue weighted by Gasteiger charge is -2.18. The van der Waals surface area contributed by atoms with Gasteiger partial charge in [-0.1, -0.05) is 152 Å². The van der Waals surface area contributed by atoms with E-state index >= 15 is 0 Å². The van der Waals surface area contributed by atoms with Gasteiger partial charge in [-0.3, -0.25) is 4.98 Å². The van der Waals surface area contributed by atoms with Crippen LogP contribution < -0.4 is 0 Å². The predicted octanol–water partition coefficient (Wildman–Crippen LogP) is 15.9. The Labute approximate surface area is 424 Å².